The highest BCUT2D eigenvalue weighted by molar-refractivity contribution is 5.96. The highest BCUT2D eigenvalue weighted by Crippen LogP contribution is 2.17. The van der Waals surface area contributed by atoms with E-state index in [-0.39, 0.29) is 30.5 Å². The third-order valence-corrected chi connectivity index (χ3v) is 4.25. The first-order chi connectivity index (χ1) is 14.0. The number of ether oxygens (including phenoxy) is 1. The van der Waals surface area contributed by atoms with Crippen molar-refractivity contribution in [1.82, 2.24) is 20.3 Å². The summed E-state index contributed by atoms with van der Waals surface area (Å²) in [5.41, 5.74) is 8.49. The molecule has 0 unspecified atom stereocenters. The normalized spacial score (nSPS) is 10.4. The van der Waals surface area contributed by atoms with Gasteiger partial charge < -0.3 is 21.1 Å². The van der Waals surface area contributed by atoms with Crippen molar-refractivity contribution in [2.45, 2.75) is 20.0 Å². The molecule has 3 aromatic rings. The molecule has 0 radical (unpaired) electrons. The number of para-hydroxylation sites is 1. The minimum absolute atomic E-state index is 0.0154. The first kappa shape index (κ1) is 19.9. The van der Waals surface area contributed by atoms with Crippen LogP contribution in [0, 0.1) is 6.92 Å². The molecular weight excluding hydrogens is 372 g/mol. The third kappa shape index (κ3) is 4.89. The van der Waals surface area contributed by atoms with Gasteiger partial charge in [0.15, 0.2) is 11.5 Å². The van der Waals surface area contributed by atoms with E-state index in [0.29, 0.717) is 11.4 Å². The molecule has 0 atom stereocenters. The smallest absolute Gasteiger partial charge is 0.275 e. The minimum atomic E-state index is -0.487. The Balaban J connectivity index is 1.61. The van der Waals surface area contributed by atoms with Crippen LogP contribution in [0.5, 0.6) is 5.75 Å². The number of nitrogen functional groups attached to an aromatic ring is 1. The summed E-state index contributed by atoms with van der Waals surface area (Å²) in [7, 11) is 1.56. The maximum absolute atomic E-state index is 12.4. The van der Waals surface area contributed by atoms with Crippen LogP contribution in [0.2, 0.25) is 0 Å². The lowest BCUT2D eigenvalue weighted by Crippen LogP contribution is -2.25. The van der Waals surface area contributed by atoms with Crippen molar-refractivity contribution in [2.75, 3.05) is 18.2 Å². The minimum Gasteiger partial charge on any atom is -0.496 e. The van der Waals surface area contributed by atoms with Gasteiger partial charge in [0.25, 0.3) is 5.91 Å². The van der Waals surface area contributed by atoms with E-state index in [1.807, 2.05) is 37.3 Å². The average Bonchev–Trinajstić information content (AvgIpc) is 3.08. The lowest BCUT2D eigenvalue weighted by molar-refractivity contribution is -0.116. The van der Waals surface area contributed by atoms with Crippen molar-refractivity contribution >= 4 is 23.3 Å². The van der Waals surface area contributed by atoms with Gasteiger partial charge in [-0.2, -0.15) is 0 Å². The molecule has 1 heterocycles. The Labute approximate surface area is 167 Å². The third-order valence-electron chi connectivity index (χ3n) is 4.25. The van der Waals surface area contributed by atoms with E-state index in [2.05, 4.69) is 20.9 Å². The summed E-state index contributed by atoms with van der Waals surface area (Å²) in [6, 6.07) is 14.7. The van der Waals surface area contributed by atoms with Crippen LogP contribution >= 0.6 is 0 Å². The Morgan fingerprint density at radius 1 is 1.14 bits per heavy atom. The molecule has 0 saturated carbocycles. The molecule has 0 bridgehead atoms. The summed E-state index contributed by atoms with van der Waals surface area (Å²) in [5.74, 6) is -0.135. The number of methoxy groups -OCH3 is 1. The Hall–Kier alpha value is -3.88. The maximum atomic E-state index is 12.4. The number of rotatable bonds is 7. The standard InChI is InChI=1S/C20H22N6O3/c1-13-7-9-15(10-8-13)23-17(27)12-26-19(21)18(24-25-26)20(28)22-11-14-5-3-4-6-16(14)29-2/h3-10H,11-12,21H2,1-2H3,(H,22,28)(H,23,27). The van der Waals surface area contributed by atoms with Crippen LogP contribution < -0.4 is 21.1 Å². The molecule has 2 amide bonds. The highest BCUT2D eigenvalue weighted by atomic mass is 16.5. The van der Waals surface area contributed by atoms with Gasteiger partial charge in [-0.1, -0.05) is 41.1 Å². The fourth-order valence-electron chi connectivity index (χ4n) is 2.68. The Kier molecular flexibility index (Phi) is 6.08. The second kappa shape index (κ2) is 8.87. The van der Waals surface area contributed by atoms with Crippen LogP contribution in [0.4, 0.5) is 11.5 Å². The summed E-state index contributed by atoms with van der Waals surface area (Å²) in [6.07, 6.45) is 0. The van der Waals surface area contributed by atoms with Crippen LogP contribution in [0.25, 0.3) is 0 Å². The zero-order valence-electron chi connectivity index (χ0n) is 16.2. The van der Waals surface area contributed by atoms with Gasteiger partial charge in [-0.15, -0.1) is 5.10 Å². The van der Waals surface area contributed by atoms with Gasteiger partial charge in [0.1, 0.15) is 12.3 Å². The number of nitrogens with zero attached hydrogens (tertiary/aromatic N) is 3. The van der Waals surface area contributed by atoms with E-state index in [1.165, 1.54) is 4.68 Å². The van der Waals surface area contributed by atoms with Gasteiger partial charge in [0.2, 0.25) is 5.91 Å². The number of nitrogens with one attached hydrogen (secondary N) is 2. The number of anilines is 2. The van der Waals surface area contributed by atoms with Crippen molar-refractivity contribution in [3.8, 4) is 5.75 Å². The van der Waals surface area contributed by atoms with Gasteiger partial charge in [0.05, 0.1) is 7.11 Å². The average molecular weight is 394 g/mol. The highest BCUT2D eigenvalue weighted by Gasteiger charge is 2.19. The number of amides is 2. The number of hydrogen-bond donors (Lipinski definition) is 3. The number of aryl methyl sites for hydroxylation is 1. The first-order valence-corrected chi connectivity index (χ1v) is 8.93. The number of carbonyl (C=O) groups is 2. The van der Waals surface area contributed by atoms with E-state index in [1.54, 1.807) is 25.3 Å². The zero-order valence-corrected chi connectivity index (χ0v) is 16.2. The van der Waals surface area contributed by atoms with Gasteiger partial charge in [-0.05, 0) is 25.1 Å². The lowest BCUT2D eigenvalue weighted by atomic mass is 10.2. The molecule has 3 rings (SSSR count). The maximum Gasteiger partial charge on any atom is 0.275 e. The molecule has 0 aliphatic heterocycles. The Bertz CT molecular complexity index is 1010. The molecule has 29 heavy (non-hydrogen) atoms. The molecule has 0 saturated heterocycles. The van der Waals surface area contributed by atoms with E-state index in [0.717, 1.165) is 11.1 Å². The number of hydrogen-bond acceptors (Lipinski definition) is 6. The van der Waals surface area contributed by atoms with E-state index < -0.39 is 5.91 Å². The fraction of sp³-hybridized carbons (Fsp3) is 0.200. The molecule has 150 valence electrons. The number of nitrogens with two attached hydrogens (primary N) is 1. The molecule has 9 heteroatoms. The monoisotopic (exact) mass is 394 g/mol. The molecule has 1 aromatic heterocycles. The summed E-state index contributed by atoms with van der Waals surface area (Å²) in [4.78, 5) is 24.6. The summed E-state index contributed by atoms with van der Waals surface area (Å²) in [5, 5.41) is 13.1. The molecule has 0 fully saturated rings. The number of carbonyl (C=O) groups excluding carboxylic acids is 2. The van der Waals surface area contributed by atoms with E-state index in [9.17, 15) is 9.59 Å². The summed E-state index contributed by atoms with van der Waals surface area (Å²) < 4.78 is 6.44. The topological polar surface area (TPSA) is 124 Å². The lowest BCUT2D eigenvalue weighted by Gasteiger charge is -2.09. The van der Waals surface area contributed by atoms with Crippen molar-refractivity contribution < 1.29 is 14.3 Å². The predicted molar refractivity (Wildman–Crippen MR) is 108 cm³/mol. The van der Waals surface area contributed by atoms with Crippen molar-refractivity contribution in [3.05, 3.63) is 65.4 Å². The van der Waals surface area contributed by atoms with Gasteiger partial charge >= 0.3 is 0 Å². The quantitative estimate of drug-likeness (QED) is 0.561. The zero-order chi connectivity index (χ0) is 20.8. The van der Waals surface area contributed by atoms with E-state index in [4.69, 9.17) is 10.5 Å². The Morgan fingerprint density at radius 2 is 1.86 bits per heavy atom. The summed E-state index contributed by atoms with van der Waals surface area (Å²) >= 11 is 0. The van der Waals surface area contributed by atoms with Gasteiger partial charge in [-0.25, -0.2) is 4.68 Å². The van der Waals surface area contributed by atoms with Gasteiger partial charge in [0, 0.05) is 17.8 Å². The number of benzene rings is 2. The predicted octanol–water partition coefficient (Wildman–Crippen LogP) is 1.75. The molecule has 4 N–H and O–H groups in total. The molecule has 0 aliphatic carbocycles. The second-order valence-electron chi connectivity index (χ2n) is 6.39. The van der Waals surface area contributed by atoms with E-state index >= 15 is 0 Å². The van der Waals surface area contributed by atoms with Crippen LogP contribution in [0.3, 0.4) is 0 Å². The van der Waals surface area contributed by atoms with Crippen molar-refractivity contribution in [2.24, 2.45) is 0 Å². The van der Waals surface area contributed by atoms with Crippen LogP contribution in [-0.2, 0) is 17.9 Å². The largest absolute Gasteiger partial charge is 0.496 e. The number of aromatic nitrogens is 3. The van der Waals surface area contributed by atoms with Crippen molar-refractivity contribution in [1.29, 1.82) is 0 Å². The molecular formula is C20H22N6O3. The molecule has 9 nitrogen and oxygen atoms in total. The van der Waals surface area contributed by atoms with Crippen LogP contribution in [0.1, 0.15) is 21.6 Å². The summed E-state index contributed by atoms with van der Waals surface area (Å²) in [6.45, 7) is 2.04. The molecule has 0 spiro atoms. The fourth-order valence-corrected chi connectivity index (χ4v) is 2.68. The second-order valence-corrected chi connectivity index (χ2v) is 6.39. The van der Waals surface area contributed by atoms with Crippen LogP contribution in [0.15, 0.2) is 48.5 Å². The SMILES string of the molecule is COc1ccccc1CNC(=O)c1nnn(CC(=O)Nc2ccc(C)cc2)c1N. The first-order valence-electron chi connectivity index (χ1n) is 8.93. The Morgan fingerprint density at radius 3 is 2.59 bits per heavy atom. The van der Waals surface area contributed by atoms with Crippen LogP contribution in [-0.4, -0.2) is 33.9 Å². The van der Waals surface area contributed by atoms with Gasteiger partial charge in [-0.3, -0.25) is 9.59 Å². The van der Waals surface area contributed by atoms with Crippen molar-refractivity contribution in [3.63, 3.8) is 0 Å². The molecule has 0 aliphatic rings. The molecule has 2 aromatic carbocycles.